The predicted octanol–water partition coefficient (Wildman–Crippen LogP) is 2.27. The molecule has 0 bridgehead atoms. The van der Waals surface area contributed by atoms with E-state index in [2.05, 4.69) is 19.9 Å². The van der Waals surface area contributed by atoms with Crippen LogP contribution in [0.4, 0.5) is 5.69 Å². The van der Waals surface area contributed by atoms with Crippen LogP contribution in [0.5, 0.6) is 0 Å². The van der Waals surface area contributed by atoms with Crippen molar-refractivity contribution in [3.8, 4) is 12.1 Å². The Morgan fingerprint density at radius 1 is 1.20 bits per heavy atom. The molecule has 1 aromatic carbocycles. The maximum atomic E-state index is 8.98. The van der Waals surface area contributed by atoms with Crippen LogP contribution >= 0.6 is 0 Å². The summed E-state index contributed by atoms with van der Waals surface area (Å²) in [5, 5.41) is 17.7. The Morgan fingerprint density at radius 3 is 2.33 bits per heavy atom. The summed E-state index contributed by atoms with van der Waals surface area (Å²) in [6.45, 7) is 4.11. The molecule has 76 valence electrons. The molecule has 0 saturated heterocycles. The second-order valence-corrected chi connectivity index (χ2v) is 3.66. The van der Waals surface area contributed by atoms with E-state index in [-0.39, 0.29) is 0 Å². The summed E-state index contributed by atoms with van der Waals surface area (Å²) in [6.07, 6.45) is 0. The first kappa shape index (κ1) is 11.1. The van der Waals surface area contributed by atoms with Gasteiger partial charge in [0.2, 0.25) is 0 Å². The molecule has 0 fully saturated rings. The third-order valence-corrected chi connectivity index (χ3v) is 2.40. The number of nitrogens with zero attached hydrogens (tertiary/aromatic N) is 3. The van der Waals surface area contributed by atoms with Gasteiger partial charge in [0.05, 0.1) is 22.9 Å². The van der Waals surface area contributed by atoms with E-state index in [0.29, 0.717) is 17.2 Å². The molecule has 3 nitrogen and oxygen atoms in total. The van der Waals surface area contributed by atoms with Gasteiger partial charge < -0.3 is 4.90 Å². The largest absolute Gasteiger partial charge is 0.371 e. The summed E-state index contributed by atoms with van der Waals surface area (Å²) in [4.78, 5) is 2.01. The fourth-order valence-electron chi connectivity index (χ4n) is 1.28. The van der Waals surface area contributed by atoms with Crippen LogP contribution in [0.3, 0.4) is 0 Å². The van der Waals surface area contributed by atoms with Crippen molar-refractivity contribution in [1.82, 2.24) is 0 Å². The third-order valence-electron chi connectivity index (χ3n) is 2.40. The summed E-state index contributed by atoms with van der Waals surface area (Å²) in [5.74, 6) is 0. The average Bonchev–Trinajstić information content (AvgIpc) is 2.27. The molecule has 0 spiro atoms. The van der Waals surface area contributed by atoms with Gasteiger partial charge in [-0.15, -0.1) is 0 Å². The van der Waals surface area contributed by atoms with Crippen LogP contribution in [0.25, 0.3) is 0 Å². The monoisotopic (exact) mass is 199 g/mol. The molecule has 1 rings (SSSR count). The highest BCUT2D eigenvalue weighted by atomic mass is 15.1. The van der Waals surface area contributed by atoms with E-state index in [1.165, 1.54) is 0 Å². The lowest BCUT2D eigenvalue weighted by atomic mass is 10.1. The SMILES string of the molecule is CC(C)N(C)c1ccc(C#N)cc1C#N. The Kier molecular flexibility index (Phi) is 3.31. The molecule has 0 aliphatic rings. The zero-order chi connectivity index (χ0) is 11.4. The van der Waals surface area contributed by atoms with Crippen LogP contribution in [0, 0.1) is 22.7 Å². The molecule has 0 saturated carbocycles. The van der Waals surface area contributed by atoms with E-state index in [0.717, 1.165) is 5.69 Å². The molecular formula is C12H13N3. The lowest BCUT2D eigenvalue weighted by molar-refractivity contribution is 0.754. The minimum atomic E-state index is 0.324. The fourth-order valence-corrected chi connectivity index (χ4v) is 1.28. The van der Waals surface area contributed by atoms with E-state index in [9.17, 15) is 0 Å². The molecule has 0 radical (unpaired) electrons. The van der Waals surface area contributed by atoms with E-state index < -0.39 is 0 Å². The maximum Gasteiger partial charge on any atom is 0.101 e. The number of anilines is 1. The van der Waals surface area contributed by atoms with E-state index in [4.69, 9.17) is 10.5 Å². The number of hydrogen-bond acceptors (Lipinski definition) is 3. The second-order valence-electron chi connectivity index (χ2n) is 3.66. The molecule has 0 heterocycles. The number of rotatable bonds is 2. The standard InChI is InChI=1S/C12H13N3/c1-9(2)15(3)12-5-4-10(7-13)6-11(12)8-14/h4-6,9H,1-3H3. The molecule has 0 aliphatic carbocycles. The van der Waals surface area contributed by atoms with Crippen LogP contribution in [0.15, 0.2) is 18.2 Å². The second kappa shape index (κ2) is 4.48. The van der Waals surface area contributed by atoms with Crippen molar-refractivity contribution in [2.45, 2.75) is 19.9 Å². The average molecular weight is 199 g/mol. The summed E-state index contributed by atoms with van der Waals surface area (Å²) < 4.78 is 0. The van der Waals surface area contributed by atoms with E-state index in [1.807, 2.05) is 24.1 Å². The summed E-state index contributed by atoms with van der Waals surface area (Å²) in [7, 11) is 1.94. The number of benzene rings is 1. The molecule has 1 aromatic rings. The normalized spacial score (nSPS) is 9.47. The van der Waals surface area contributed by atoms with Crippen molar-refractivity contribution in [3.05, 3.63) is 29.3 Å². The first-order valence-corrected chi connectivity index (χ1v) is 4.77. The van der Waals surface area contributed by atoms with Crippen LogP contribution < -0.4 is 4.90 Å². The fraction of sp³-hybridized carbons (Fsp3) is 0.333. The van der Waals surface area contributed by atoms with Gasteiger partial charge in [-0.25, -0.2) is 0 Å². The third kappa shape index (κ3) is 2.27. The lowest BCUT2D eigenvalue weighted by Crippen LogP contribution is -2.26. The topological polar surface area (TPSA) is 50.8 Å². The number of hydrogen-bond donors (Lipinski definition) is 0. The van der Waals surface area contributed by atoms with Crippen LogP contribution in [0.2, 0.25) is 0 Å². The molecule has 0 N–H and O–H groups in total. The van der Waals surface area contributed by atoms with Gasteiger partial charge in [0.25, 0.3) is 0 Å². The first-order valence-electron chi connectivity index (χ1n) is 4.77. The summed E-state index contributed by atoms with van der Waals surface area (Å²) >= 11 is 0. The Hall–Kier alpha value is -2.00. The van der Waals surface area contributed by atoms with Crippen molar-refractivity contribution < 1.29 is 0 Å². The van der Waals surface area contributed by atoms with Gasteiger partial charge in [-0.2, -0.15) is 10.5 Å². The van der Waals surface area contributed by atoms with Gasteiger partial charge >= 0.3 is 0 Å². The molecule has 0 amide bonds. The maximum absolute atomic E-state index is 8.98. The highest BCUT2D eigenvalue weighted by Gasteiger charge is 2.10. The molecular weight excluding hydrogens is 186 g/mol. The van der Waals surface area contributed by atoms with Gasteiger partial charge in [-0.3, -0.25) is 0 Å². The van der Waals surface area contributed by atoms with Gasteiger partial charge in [0.15, 0.2) is 0 Å². The summed E-state index contributed by atoms with van der Waals surface area (Å²) in [6, 6.07) is 9.63. The quantitative estimate of drug-likeness (QED) is 0.734. The van der Waals surface area contributed by atoms with Crippen LogP contribution in [0.1, 0.15) is 25.0 Å². The Balaban J connectivity index is 3.22. The number of nitriles is 2. The predicted molar refractivity (Wildman–Crippen MR) is 59.4 cm³/mol. The molecule has 0 aliphatic heterocycles. The zero-order valence-corrected chi connectivity index (χ0v) is 9.15. The molecule has 3 heteroatoms. The molecule has 0 atom stereocenters. The Morgan fingerprint density at radius 2 is 1.87 bits per heavy atom. The van der Waals surface area contributed by atoms with Crippen molar-refractivity contribution in [1.29, 1.82) is 10.5 Å². The van der Waals surface area contributed by atoms with Crippen molar-refractivity contribution in [2.24, 2.45) is 0 Å². The minimum Gasteiger partial charge on any atom is -0.371 e. The zero-order valence-electron chi connectivity index (χ0n) is 9.15. The van der Waals surface area contributed by atoms with Crippen LogP contribution in [-0.2, 0) is 0 Å². The Bertz CT molecular complexity index is 435. The van der Waals surface area contributed by atoms with Crippen LogP contribution in [-0.4, -0.2) is 13.1 Å². The molecule has 0 unspecified atom stereocenters. The highest BCUT2D eigenvalue weighted by Crippen LogP contribution is 2.21. The van der Waals surface area contributed by atoms with E-state index >= 15 is 0 Å². The van der Waals surface area contributed by atoms with Gasteiger partial charge in [0.1, 0.15) is 6.07 Å². The molecule has 15 heavy (non-hydrogen) atoms. The van der Waals surface area contributed by atoms with Gasteiger partial charge in [-0.05, 0) is 32.0 Å². The Labute approximate surface area is 90.2 Å². The lowest BCUT2D eigenvalue weighted by Gasteiger charge is -2.24. The van der Waals surface area contributed by atoms with Crippen molar-refractivity contribution in [2.75, 3.05) is 11.9 Å². The van der Waals surface area contributed by atoms with Gasteiger partial charge in [0, 0.05) is 13.1 Å². The molecule has 0 aromatic heterocycles. The van der Waals surface area contributed by atoms with E-state index in [1.54, 1.807) is 12.1 Å². The van der Waals surface area contributed by atoms with Crippen molar-refractivity contribution in [3.63, 3.8) is 0 Å². The first-order chi connectivity index (χ1) is 7.10. The smallest absolute Gasteiger partial charge is 0.101 e. The van der Waals surface area contributed by atoms with Crippen molar-refractivity contribution >= 4 is 5.69 Å². The highest BCUT2D eigenvalue weighted by molar-refractivity contribution is 5.61. The minimum absolute atomic E-state index is 0.324. The summed E-state index contributed by atoms with van der Waals surface area (Å²) in [5.41, 5.74) is 1.93. The van der Waals surface area contributed by atoms with Gasteiger partial charge in [-0.1, -0.05) is 0 Å².